The van der Waals surface area contributed by atoms with E-state index in [1.165, 1.54) is 12.1 Å². The van der Waals surface area contributed by atoms with Crippen LogP contribution in [0.15, 0.2) is 30.3 Å². The van der Waals surface area contributed by atoms with Crippen molar-refractivity contribution in [2.45, 2.75) is 50.8 Å². The van der Waals surface area contributed by atoms with Crippen LogP contribution in [0.1, 0.15) is 38.7 Å². The molecule has 1 aromatic carbocycles. The molecule has 0 bridgehead atoms. The predicted octanol–water partition coefficient (Wildman–Crippen LogP) is 3.44. The van der Waals surface area contributed by atoms with E-state index in [-0.39, 0.29) is 11.8 Å². The maximum Gasteiger partial charge on any atom is 0.537 e. The van der Waals surface area contributed by atoms with E-state index < -0.39 is 33.0 Å². The molecule has 0 aliphatic heterocycles. The Hall–Kier alpha value is -1.43. The van der Waals surface area contributed by atoms with E-state index in [1.54, 1.807) is 26.0 Å². The van der Waals surface area contributed by atoms with Gasteiger partial charge in [-0.05, 0) is 56.4 Å². The van der Waals surface area contributed by atoms with Crippen molar-refractivity contribution in [2.24, 2.45) is 0 Å². The van der Waals surface area contributed by atoms with Crippen LogP contribution in [-0.2, 0) is 25.6 Å². The van der Waals surface area contributed by atoms with Crippen LogP contribution in [0.25, 0.3) is 5.57 Å². The summed E-state index contributed by atoms with van der Waals surface area (Å²) in [6, 6.07) is 5.43. The molecule has 1 aliphatic carbocycles. The third-order valence-electron chi connectivity index (χ3n) is 3.88. The first-order valence-electron chi connectivity index (χ1n) is 8.16. The van der Waals surface area contributed by atoms with Crippen molar-refractivity contribution in [2.75, 3.05) is 0 Å². The van der Waals surface area contributed by atoms with E-state index in [0.717, 1.165) is 18.4 Å². The lowest BCUT2D eigenvalue weighted by Crippen LogP contribution is -2.40. The summed E-state index contributed by atoms with van der Waals surface area (Å²) < 4.78 is 82.0. The van der Waals surface area contributed by atoms with Crippen LogP contribution in [0.4, 0.5) is 13.2 Å². The zero-order valence-corrected chi connectivity index (χ0v) is 16.3. The number of rotatable bonds is 7. The van der Waals surface area contributed by atoms with Crippen LogP contribution in [0.5, 0.6) is 5.75 Å². The lowest BCUT2D eigenvalue weighted by molar-refractivity contribution is -0.271. The molecule has 1 N–H and O–H groups in total. The molecule has 0 saturated carbocycles. The highest BCUT2D eigenvalue weighted by atomic mass is 32.2. The van der Waals surface area contributed by atoms with Crippen LogP contribution in [0.3, 0.4) is 0 Å². The Bertz CT molecular complexity index is 804. The fourth-order valence-corrected chi connectivity index (χ4v) is 3.90. The maximum atomic E-state index is 12.2. The quantitative estimate of drug-likeness (QED) is 0.721. The van der Waals surface area contributed by atoms with Gasteiger partial charge in [-0.1, -0.05) is 18.2 Å². The molecule has 6 nitrogen and oxygen atoms in total. The van der Waals surface area contributed by atoms with Crippen LogP contribution in [0, 0.1) is 0 Å². The molecule has 1 aliphatic rings. The smallest absolute Gasteiger partial charge is 0.380 e. The Morgan fingerprint density at radius 3 is 2.41 bits per heavy atom. The summed E-state index contributed by atoms with van der Waals surface area (Å²) in [5.74, 6) is -0.0722. The molecule has 0 radical (unpaired) electrons. The van der Waals surface area contributed by atoms with Gasteiger partial charge in [0.05, 0.1) is 5.25 Å². The van der Waals surface area contributed by atoms with E-state index in [1.807, 2.05) is 6.08 Å². The summed E-state index contributed by atoms with van der Waals surface area (Å²) in [7, 11) is -3.46. The van der Waals surface area contributed by atoms with Gasteiger partial charge in [-0.3, -0.25) is 0 Å². The normalized spacial score (nSPS) is 19.6. The van der Waals surface area contributed by atoms with E-state index in [0.29, 0.717) is 12.0 Å². The molecule has 0 aromatic heterocycles. The van der Waals surface area contributed by atoms with Crippen molar-refractivity contribution in [3.63, 3.8) is 0 Å². The van der Waals surface area contributed by atoms with Crippen molar-refractivity contribution in [3.05, 3.63) is 35.9 Å². The summed E-state index contributed by atoms with van der Waals surface area (Å²) in [6.07, 6.45) is -0.879. The zero-order chi connectivity index (χ0) is 20.2. The highest BCUT2D eigenvalue weighted by Gasteiger charge is 2.34. The summed E-state index contributed by atoms with van der Waals surface area (Å²) in [5.41, 5.74) is 1.48. The van der Waals surface area contributed by atoms with E-state index in [2.05, 4.69) is 13.1 Å². The minimum Gasteiger partial charge on any atom is -0.380 e. The highest BCUT2D eigenvalue weighted by molar-refractivity contribution is 7.90. The summed E-state index contributed by atoms with van der Waals surface area (Å²) in [5, 5.41) is -0.569. The molecule has 0 fully saturated rings. The molecule has 0 saturated heterocycles. The third-order valence-corrected chi connectivity index (χ3v) is 6.39. The largest absolute Gasteiger partial charge is 0.537 e. The van der Waals surface area contributed by atoms with Gasteiger partial charge < -0.3 is 4.18 Å². The van der Waals surface area contributed by atoms with Gasteiger partial charge in [0.1, 0.15) is 5.75 Å². The Morgan fingerprint density at radius 2 is 1.85 bits per heavy atom. The Labute approximate surface area is 158 Å². The van der Waals surface area contributed by atoms with Crippen molar-refractivity contribution in [1.29, 1.82) is 0 Å². The maximum absolute atomic E-state index is 12.2. The third kappa shape index (κ3) is 6.59. The van der Waals surface area contributed by atoms with Crippen molar-refractivity contribution in [1.82, 2.24) is 4.72 Å². The molecular formula is C16H20F3NO5S2. The SMILES string of the molecule is CC(C)S(=O)(=O)NC1CCCC=C1c1ccc(OS(=O)OC(F)(F)F)cc1. The number of hydrogen-bond acceptors (Lipinski definition) is 5. The first kappa shape index (κ1) is 21.9. The van der Waals surface area contributed by atoms with Crippen LogP contribution in [-0.4, -0.2) is 30.3 Å². The standard InChI is InChI=1S/C16H20F3NO5S2/c1-11(2)27(22,23)20-15-6-4-3-5-14(15)12-7-9-13(10-8-12)24-26(21)25-16(17,18)19/h5,7-11,15,20H,3-4,6H2,1-2H3. The second-order valence-corrected chi connectivity index (χ2v) is 9.21. The van der Waals surface area contributed by atoms with Crippen molar-refractivity contribution < 1.29 is 34.2 Å². The van der Waals surface area contributed by atoms with Gasteiger partial charge in [0.25, 0.3) is 0 Å². The second kappa shape index (κ2) is 8.72. The molecule has 0 spiro atoms. The first-order chi connectivity index (χ1) is 12.5. The number of alkyl halides is 3. The summed E-state index contributed by atoms with van der Waals surface area (Å²) in [4.78, 5) is 0. The van der Waals surface area contributed by atoms with Crippen LogP contribution >= 0.6 is 0 Å². The molecule has 2 rings (SSSR count). The average Bonchev–Trinajstić information content (AvgIpc) is 2.54. The van der Waals surface area contributed by atoms with Gasteiger partial charge in [-0.2, -0.15) is 8.39 Å². The number of sulfonamides is 1. The molecule has 152 valence electrons. The van der Waals surface area contributed by atoms with Crippen molar-refractivity contribution in [3.8, 4) is 5.75 Å². The summed E-state index contributed by atoms with van der Waals surface area (Å²) >= 11 is -3.01. The minimum absolute atomic E-state index is 0.0722. The number of halogens is 3. The Morgan fingerprint density at radius 1 is 1.22 bits per heavy atom. The van der Waals surface area contributed by atoms with Crippen LogP contribution in [0.2, 0.25) is 0 Å². The number of hydrogen-bond donors (Lipinski definition) is 1. The number of benzene rings is 1. The molecule has 2 atom stereocenters. The zero-order valence-electron chi connectivity index (χ0n) is 14.7. The van der Waals surface area contributed by atoms with E-state index in [4.69, 9.17) is 0 Å². The first-order valence-corrected chi connectivity index (χ1v) is 10.7. The Balaban J connectivity index is 2.12. The molecule has 11 heteroatoms. The predicted molar refractivity (Wildman–Crippen MR) is 95.2 cm³/mol. The second-order valence-electron chi connectivity index (χ2n) is 6.20. The molecule has 1 aromatic rings. The van der Waals surface area contributed by atoms with Gasteiger partial charge in [0.2, 0.25) is 10.0 Å². The van der Waals surface area contributed by atoms with Gasteiger partial charge in [0, 0.05) is 6.04 Å². The lowest BCUT2D eigenvalue weighted by Gasteiger charge is -2.26. The molecule has 2 unspecified atom stereocenters. The van der Waals surface area contributed by atoms with E-state index >= 15 is 0 Å². The lowest BCUT2D eigenvalue weighted by atomic mass is 9.90. The monoisotopic (exact) mass is 427 g/mol. The molecule has 0 heterocycles. The number of nitrogens with one attached hydrogen (secondary N) is 1. The Kier molecular flexibility index (Phi) is 7.06. The van der Waals surface area contributed by atoms with Gasteiger partial charge >= 0.3 is 17.7 Å². The molecule has 27 heavy (non-hydrogen) atoms. The summed E-state index contributed by atoms with van der Waals surface area (Å²) in [6.45, 7) is 3.17. The molecule has 0 amide bonds. The van der Waals surface area contributed by atoms with Crippen LogP contribution < -0.4 is 8.91 Å². The van der Waals surface area contributed by atoms with Gasteiger partial charge in [-0.25, -0.2) is 13.1 Å². The topological polar surface area (TPSA) is 81.7 Å². The van der Waals surface area contributed by atoms with E-state index in [9.17, 15) is 25.8 Å². The number of allylic oxidation sites excluding steroid dienone is 1. The highest BCUT2D eigenvalue weighted by Crippen LogP contribution is 2.30. The van der Waals surface area contributed by atoms with Gasteiger partial charge in [-0.15, -0.1) is 13.2 Å². The van der Waals surface area contributed by atoms with Gasteiger partial charge in [0.15, 0.2) is 0 Å². The minimum atomic E-state index is -5.07. The average molecular weight is 427 g/mol. The fourth-order valence-electron chi connectivity index (χ4n) is 2.53. The van der Waals surface area contributed by atoms with Crippen molar-refractivity contribution >= 4 is 27.0 Å². The molecular weight excluding hydrogens is 407 g/mol. The fraction of sp³-hybridized carbons (Fsp3) is 0.500.